The number of alkyl carbamates (subject to hydrolysis) is 1. The molecule has 2 unspecified atom stereocenters. The smallest absolute Gasteiger partial charge is 0.416 e. The highest BCUT2D eigenvalue weighted by molar-refractivity contribution is 5.79. The number of nitrogens with one attached hydrogen (secondary N) is 1. The number of benzene rings is 3. The highest BCUT2D eigenvalue weighted by Gasteiger charge is 2.33. The summed E-state index contributed by atoms with van der Waals surface area (Å²) in [6.45, 7) is -0.468. The number of fused-ring (bicyclic) bond motifs is 3. The molecule has 2 atom stereocenters. The van der Waals surface area contributed by atoms with E-state index < -0.39 is 48.0 Å². The van der Waals surface area contributed by atoms with Crippen molar-refractivity contribution in [1.29, 1.82) is 0 Å². The minimum absolute atomic E-state index is 0.0338. The Bertz CT molecular complexity index is 1150. The molecule has 0 spiro atoms. The third-order valence-corrected chi connectivity index (χ3v) is 5.81. The molecule has 0 radical (unpaired) electrons. The van der Waals surface area contributed by atoms with E-state index in [2.05, 4.69) is 5.32 Å². The van der Waals surface area contributed by atoms with Gasteiger partial charge in [-0.1, -0.05) is 54.6 Å². The quantitative estimate of drug-likeness (QED) is 0.449. The molecule has 9 heteroatoms. The summed E-state index contributed by atoms with van der Waals surface area (Å²) >= 11 is 0. The van der Waals surface area contributed by atoms with Crippen LogP contribution in [0.2, 0.25) is 0 Å². The summed E-state index contributed by atoms with van der Waals surface area (Å²) in [4.78, 5) is 12.2. The van der Waals surface area contributed by atoms with Crippen LogP contribution >= 0.6 is 0 Å². The molecule has 178 valence electrons. The van der Waals surface area contributed by atoms with Gasteiger partial charge in [-0.2, -0.15) is 13.2 Å². The summed E-state index contributed by atoms with van der Waals surface area (Å²) in [5.41, 5.74) is 2.42. The van der Waals surface area contributed by atoms with Gasteiger partial charge in [-0.15, -0.1) is 0 Å². The minimum atomic E-state index is -4.74. The van der Waals surface area contributed by atoms with E-state index in [9.17, 15) is 32.6 Å². The van der Waals surface area contributed by atoms with E-state index in [1.165, 1.54) is 0 Å². The lowest BCUT2D eigenvalue weighted by molar-refractivity contribution is -0.137. The van der Waals surface area contributed by atoms with Crippen molar-refractivity contribution in [3.63, 3.8) is 0 Å². The molecule has 4 rings (SSSR count). The van der Waals surface area contributed by atoms with Gasteiger partial charge in [0.1, 0.15) is 24.6 Å². The van der Waals surface area contributed by atoms with Crippen LogP contribution in [0.5, 0.6) is 0 Å². The highest BCUT2D eigenvalue weighted by Crippen LogP contribution is 2.44. The molecule has 3 N–H and O–H groups in total. The number of halogens is 4. The average molecular weight is 475 g/mol. The summed E-state index contributed by atoms with van der Waals surface area (Å²) in [6, 6.07) is 17.1. The SMILES string of the molecule is O=C(NCC(O)C(O)c1ccc(C(F)(F)F)cc1F)OCC1c2ccccc2-c2ccccc21. The largest absolute Gasteiger partial charge is 0.449 e. The van der Waals surface area contributed by atoms with Crippen LogP contribution in [0.1, 0.15) is 34.3 Å². The zero-order chi connectivity index (χ0) is 24.5. The lowest BCUT2D eigenvalue weighted by Crippen LogP contribution is -2.36. The van der Waals surface area contributed by atoms with Crippen molar-refractivity contribution >= 4 is 6.09 Å². The van der Waals surface area contributed by atoms with Gasteiger partial charge >= 0.3 is 12.3 Å². The van der Waals surface area contributed by atoms with E-state index in [-0.39, 0.29) is 18.6 Å². The zero-order valence-electron chi connectivity index (χ0n) is 17.7. The number of rotatable bonds is 6. The molecular formula is C25H21F4NO4. The standard InChI is InChI=1S/C25H21F4NO4/c26-21-11-14(25(27,28)29)9-10-19(21)23(32)22(31)12-30-24(33)34-13-20-17-7-3-1-5-15(17)16-6-2-4-8-18(16)20/h1-11,20,22-23,31-32H,12-13H2,(H,30,33). The van der Waals surface area contributed by atoms with E-state index in [4.69, 9.17) is 4.74 Å². The van der Waals surface area contributed by atoms with Gasteiger partial charge in [-0.05, 0) is 34.4 Å². The van der Waals surface area contributed by atoms with Crippen LogP contribution in [0.15, 0.2) is 66.7 Å². The van der Waals surface area contributed by atoms with Crippen molar-refractivity contribution in [3.05, 3.63) is 94.8 Å². The maximum Gasteiger partial charge on any atom is 0.416 e. The minimum Gasteiger partial charge on any atom is -0.449 e. The molecule has 34 heavy (non-hydrogen) atoms. The summed E-state index contributed by atoms with van der Waals surface area (Å²) in [5.74, 6) is -1.49. The molecule has 0 aliphatic heterocycles. The van der Waals surface area contributed by atoms with Crippen molar-refractivity contribution in [3.8, 4) is 11.1 Å². The molecule has 1 aliphatic carbocycles. The van der Waals surface area contributed by atoms with Crippen LogP contribution < -0.4 is 5.32 Å². The van der Waals surface area contributed by atoms with E-state index in [1.807, 2.05) is 48.5 Å². The van der Waals surface area contributed by atoms with Gasteiger partial charge in [-0.3, -0.25) is 0 Å². The molecule has 0 saturated heterocycles. The van der Waals surface area contributed by atoms with Crippen molar-refractivity contribution in [2.75, 3.05) is 13.2 Å². The van der Waals surface area contributed by atoms with Crippen LogP contribution in [0, 0.1) is 5.82 Å². The first-order valence-electron chi connectivity index (χ1n) is 10.5. The van der Waals surface area contributed by atoms with Gasteiger partial charge in [-0.25, -0.2) is 9.18 Å². The fourth-order valence-electron chi connectivity index (χ4n) is 4.10. The monoisotopic (exact) mass is 475 g/mol. The number of alkyl halides is 3. The molecule has 0 fully saturated rings. The Morgan fingerprint density at radius 3 is 2.12 bits per heavy atom. The molecular weight excluding hydrogens is 454 g/mol. The normalized spacial score (nSPS) is 14.8. The molecule has 3 aromatic carbocycles. The van der Waals surface area contributed by atoms with Gasteiger partial charge < -0.3 is 20.3 Å². The number of carbonyl (C=O) groups excluding carboxylic acids is 1. The number of ether oxygens (including phenoxy) is 1. The Morgan fingerprint density at radius 2 is 1.56 bits per heavy atom. The first-order valence-corrected chi connectivity index (χ1v) is 10.5. The van der Waals surface area contributed by atoms with E-state index in [0.29, 0.717) is 6.07 Å². The summed E-state index contributed by atoms with van der Waals surface area (Å²) in [5, 5.41) is 22.5. The lowest BCUT2D eigenvalue weighted by Gasteiger charge is -2.20. The van der Waals surface area contributed by atoms with Crippen LogP contribution in [0.4, 0.5) is 22.4 Å². The van der Waals surface area contributed by atoms with Crippen LogP contribution in [-0.2, 0) is 10.9 Å². The molecule has 5 nitrogen and oxygen atoms in total. The first-order chi connectivity index (χ1) is 16.2. The Labute approximate surface area is 192 Å². The maximum absolute atomic E-state index is 14.0. The number of carbonyl (C=O) groups is 1. The zero-order valence-corrected chi connectivity index (χ0v) is 17.7. The fraction of sp³-hybridized carbons (Fsp3) is 0.240. The average Bonchev–Trinajstić information content (AvgIpc) is 3.14. The van der Waals surface area contributed by atoms with Gasteiger partial charge in [0.2, 0.25) is 0 Å². The second-order valence-corrected chi connectivity index (χ2v) is 7.95. The van der Waals surface area contributed by atoms with Gasteiger partial charge in [0.15, 0.2) is 0 Å². The molecule has 0 bridgehead atoms. The number of amides is 1. The van der Waals surface area contributed by atoms with Crippen molar-refractivity contribution in [2.45, 2.75) is 24.3 Å². The third kappa shape index (κ3) is 4.76. The predicted molar refractivity (Wildman–Crippen MR) is 115 cm³/mol. The van der Waals surface area contributed by atoms with Crippen molar-refractivity contribution in [2.24, 2.45) is 0 Å². The topological polar surface area (TPSA) is 78.8 Å². The highest BCUT2D eigenvalue weighted by atomic mass is 19.4. The van der Waals surface area contributed by atoms with E-state index in [0.717, 1.165) is 28.3 Å². The molecule has 1 amide bonds. The van der Waals surface area contributed by atoms with Crippen LogP contribution in [0.3, 0.4) is 0 Å². The number of aliphatic hydroxyl groups excluding tert-OH is 2. The lowest BCUT2D eigenvalue weighted by atomic mass is 9.98. The molecule has 0 saturated carbocycles. The van der Waals surface area contributed by atoms with Crippen molar-refractivity contribution in [1.82, 2.24) is 5.32 Å². The second-order valence-electron chi connectivity index (χ2n) is 7.95. The van der Waals surface area contributed by atoms with Gasteiger partial charge in [0.05, 0.1) is 5.56 Å². The molecule has 1 aliphatic rings. The Balaban J connectivity index is 1.34. The second kappa shape index (κ2) is 9.44. The van der Waals surface area contributed by atoms with Crippen LogP contribution in [-0.4, -0.2) is 35.6 Å². The molecule has 0 aromatic heterocycles. The maximum atomic E-state index is 14.0. The molecule has 0 heterocycles. The Kier molecular flexibility index (Phi) is 6.58. The Morgan fingerprint density at radius 1 is 0.971 bits per heavy atom. The third-order valence-electron chi connectivity index (χ3n) is 5.81. The number of aliphatic hydroxyl groups is 2. The van der Waals surface area contributed by atoms with E-state index >= 15 is 0 Å². The van der Waals surface area contributed by atoms with Crippen molar-refractivity contribution < 1.29 is 37.3 Å². The van der Waals surface area contributed by atoms with Crippen LogP contribution in [0.25, 0.3) is 11.1 Å². The summed E-state index contributed by atoms with van der Waals surface area (Å²) < 4.78 is 57.4. The summed E-state index contributed by atoms with van der Waals surface area (Å²) in [7, 11) is 0. The summed E-state index contributed by atoms with van der Waals surface area (Å²) in [6.07, 6.45) is -9.13. The van der Waals surface area contributed by atoms with Gasteiger partial charge in [0, 0.05) is 18.0 Å². The molecule has 3 aromatic rings. The first kappa shape index (κ1) is 23.7. The van der Waals surface area contributed by atoms with Gasteiger partial charge in [0.25, 0.3) is 0 Å². The fourth-order valence-corrected chi connectivity index (χ4v) is 4.10. The Hall–Kier alpha value is -3.43. The van der Waals surface area contributed by atoms with E-state index in [1.54, 1.807) is 0 Å². The number of hydrogen-bond donors (Lipinski definition) is 3. The predicted octanol–water partition coefficient (Wildman–Crippen LogP) is 4.78. The number of hydrogen-bond acceptors (Lipinski definition) is 4.